The number of nitrogens with zero attached hydrogens (tertiary/aromatic N) is 2. The van der Waals surface area contributed by atoms with E-state index in [-0.39, 0.29) is 18.5 Å². The summed E-state index contributed by atoms with van der Waals surface area (Å²) < 4.78 is 0. The molecule has 1 aliphatic rings. The van der Waals surface area contributed by atoms with Crippen LogP contribution in [0.1, 0.15) is 5.56 Å². The van der Waals surface area contributed by atoms with Crippen LogP contribution in [0.5, 0.6) is 0 Å². The SMILES string of the molecule is Cc1ccc(NC(=O)NCC(=O)N2CCN(c3ccccc3)CC2)cc1. The van der Waals surface area contributed by atoms with Gasteiger partial charge in [0.05, 0.1) is 6.54 Å². The summed E-state index contributed by atoms with van der Waals surface area (Å²) in [5, 5.41) is 5.36. The van der Waals surface area contributed by atoms with E-state index in [2.05, 4.69) is 27.7 Å². The Kier molecular flexibility index (Phi) is 5.73. The molecular formula is C20H24N4O2. The maximum absolute atomic E-state index is 12.3. The summed E-state index contributed by atoms with van der Waals surface area (Å²) in [6, 6.07) is 17.3. The molecule has 1 fully saturated rings. The number of hydrogen-bond donors (Lipinski definition) is 2. The van der Waals surface area contributed by atoms with E-state index in [0.717, 1.165) is 18.7 Å². The van der Waals surface area contributed by atoms with Gasteiger partial charge in [0.2, 0.25) is 5.91 Å². The minimum atomic E-state index is -0.370. The summed E-state index contributed by atoms with van der Waals surface area (Å²) in [6.07, 6.45) is 0. The predicted molar refractivity (Wildman–Crippen MR) is 103 cm³/mol. The fourth-order valence-corrected chi connectivity index (χ4v) is 2.93. The van der Waals surface area contributed by atoms with Gasteiger partial charge in [-0.05, 0) is 31.2 Å². The Morgan fingerprint density at radius 3 is 2.23 bits per heavy atom. The molecule has 3 amide bonds. The smallest absolute Gasteiger partial charge is 0.319 e. The molecule has 1 saturated heterocycles. The van der Waals surface area contributed by atoms with Gasteiger partial charge in [-0.15, -0.1) is 0 Å². The maximum atomic E-state index is 12.3. The summed E-state index contributed by atoms with van der Waals surface area (Å²) in [5.41, 5.74) is 3.01. The van der Waals surface area contributed by atoms with Crippen LogP contribution in [-0.4, -0.2) is 49.6 Å². The van der Waals surface area contributed by atoms with E-state index in [1.807, 2.05) is 49.4 Å². The number of anilines is 2. The number of piperazine rings is 1. The van der Waals surface area contributed by atoms with Crippen molar-refractivity contribution in [2.24, 2.45) is 0 Å². The van der Waals surface area contributed by atoms with Gasteiger partial charge in [0.1, 0.15) is 0 Å². The summed E-state index contributed by atoms with van der Waals surface area (Å²) in [6.45, 7) is 4.91. The van der Waals surface area contributed by atoms with Crippen LogP contribution in [0, 0.1) is 6.92 Å². The van der Waals surface area contributed by atoms with Crippen LogP contribution in [0.15, 0.2) is 54.6 Å². The molecule has 0 aliphatic carbocycles. The summed E-state index contributed by atoms with van der Waals surface area (Å²) in [4.78, 5) is 28.3. The van der Waals surface area contributed by atoms with Gasteiger partial charge in [0.25, 0.3) is 0 Å². The molecule has 1 aliphatic heterocycles. The van der Waals surface area contributed by atoms with Crippen molar-refractivity contribution in [3.8, 4) is 0 Å². The highest BCUT2D eigenvalue weighted by Crippen LogP contribution is 2.15. The third kappa shape index (κ3) is 4.75. The monoisotopic (exact) mass is 352 g/mol. The van der Waals surface area contributed by atoms with Crippen molar-refractivity contribution < 1.29 is 9.59 Å². The number of para-hydroxylation sites is 1. The molecule has 6 heteroatoms. The molecule has 3 rings (SSSR count). The van der Waals surface area contributed by atoms with Gasteiger partial charge in [-0.3, -0.25) is 4.79 Å². The number of hydrogen-bond acceptors (Lipinski definition) is 3. The number of amides is 3. The lowest BCUT2D eigenvalue weighted by Gasteiger charge is -2.36. The van der Waals surface area contributed by atoms with Gasteiger partial charge >= 0.3 is 6.03 Å². The van der Waals surface area contributed by atoms with Crippen LogP contribution in [0.3, 0.4) is 0 Å². The van der Waals surface area contributed by atoms with E-state index in [1.165, 1.54) is 5.69 Å². The molecule has 0 radical (unpaired) electrons. The van der Waals surface area contributed by atoms with Crippen molar-refractivity contribution in [1.29, 1.82) is 0 Å². The van der Waals surface area contributed by atoms with Gasteiger partial charge in [-0.25, -0.2) is 4.79 Å². The molecule has 0 saturated carbocycles. The summed E-state index contributed by atoms with van der Waals surface area (Å²) in [5.74, 6) is -0.0585. The first-order valence-corrected chi connectivity index (χ1v) is 8.81. The molecule has 1 heterocycles. The van der Waals surface area contributed by atoms with Gasteiger partial charge < -0.3 is 20.4 Å². The molecule has 0 unspecified atom stereocenters. The zero-order valence-corrected chi connectivity index (χ0v) is 14.9. The van der Waals surface area contributed by atoms with E-state index in [0.29, 0.717) is 18.8 Å². The van der Waals surface area contributed by atoms with Crippen molar-refractivity contribution in [1.82, 2.24) is 10.2 Å². The summed E-state index contributed by atoms with van der Waals surface area (Å²) in [7, 11) is 0. The number of rotatable bonds is 4. The van der Waals surface area contributed by atoms with Gasteiger partial charge in [-0.1, -0.05) is 35.9 Å². The van der Waals surface area contributed by atoms with Crippen LogP contribution in [0.25, 0.3) is 0 Å². The van der Waals surface area contributed by atoms with Gasteiger partial charge in [-0.2, -0.15) is 0 Å². The molecule has 26 heavy (non-hydrogen) atoms. The zero-order chi connectivity index (χ0) is 18.4. The Hall–Kier alpha value is -3.02. The van der Waals surface area contributed by atoms with Crippen molar-refractivity contribution >= 4 is 23.3 Å². The Balaban J connectivity index is 1.41. The van der Waals surface area contributed by atoms with Gasteiger partial charge in [0, 0.05) is 37.6 Å². The van der Waals surface area contributed by atoms with Crippen LogP contribution in [-0.2, 0) is 4.79 Å². The number of carbonyl (C=O) groups is 2. The lowest BCUT2D eigenvalue weighted by atomic mass is 10.2. The molecular weight excluding hydrogens is 328 g/mol. The Labute approximate surface area is 153 Å². The molecule has 0 atom stereocenters. The Bertz CT molecular complexity index is 738. The quantitative estimate of drug-likeness (QED) is 0.888. The fourth-order valence-electron chi connectivity index (χ4n) is 2.93. The van der Waals surface area contributed by atoms with Crippen molar-refractivity contribution in [3.63, 3.8) is 0 Å². The van der Waals surface area contributed by atoms with Crippen molar-refractivity contribution in [3.05, 3.63) is 60.2 Å². The van der Waals surface area contributed by atoms with Crippen LogP contribution in [0.4, 0.5) is 16.2 Å². The largest absolute Gasteiger partial charge is 0.368 e. The molecule has 0 bridgehead atoms. The fraction of sp³-hybridized carbons (Fsp3) is 0.300. The van der Waals surface area contributed by atoms with E-state index in [9.17, 15) is 9.59 Å². The van der Waals surface area contributed by atoms with Crippen molar-refractivity contribution in [2.45, 2.75) is 6.92 Å². The van der Waals surface area contributed by atoms with Crippen LogP contribution < -0.4 is 15.5 Å². The van der Waals surface area contributed by atoms with E-state index >= 15 is 0 Å². The first-order valence-electron chi connectivity index (χ1n) is 8.81. The van der Waals surface area contributed by atoms with Crippen LogP contribution in [0.2, 0.25) is 0 Å². The second kappa shape index (κ2) is 8.38. The lowest BCUT2D eigenvalue weighted by Crippen LogP contribution is -2.51. The number of aryl methyl sites for hydroxylation is 1. The topological polar surface area (TPSA) is 64.7 Å². The third-order valence-electron chi connectivity index (χ3n) is 4.46. The van der Waals surface area contributed by atoms with E-state index in [1.54, 1.807) is 4.90 Å². The molecule has 2 aromatic carbocycles. The average molecular weight is 352 g/mol. The number of benzene rings is 2. The number of nitrogens with one attached hydrogen (secondary N) is 2. The van der Waals surface area contributed by atoms with Crippen molar-refractivity contribution in [2.75, 3.05) is 42.9 Å². The average Bonchev–Trinajstić information content (AvgIpc) is 2.69. The third-order valence-corrected chi connectivity index (χ3v) is 4.46. The molecule has 136 valence electrons. The highest BCUT2D eigenvalue weighted by Gasteiger charge is 2.21. The first kappa shape index (κ1) is 17.8. The molecule has 0 spiro atoms. The second-order valence-corrected chi connectivity index (χ2v) is 6.38. The van der Waals surface area contributed by atoms with E-state index in [4.69, 9.17) is 0 Å². The predicted octanol–water partition coefficient (Wildman–Crippen LogP) is 2.47. The maximum Gasteiger partial charge on any atom is 0.319 e. The molecule has 2 aromatic rings. The Morgan fingerprint density at radius 1 is 0.923 bits per heavy atom. The normalized spacial score (nSPS) is 14.0. The minimum Gasteiger partial charge on any atom is -0.368 e. The van der Waals surface area contributed by atoms with Gasteiger partial charge in [0.15, 0.2) is 0 Å². The number of urea groups is 1. The Morgan fingerprint density at radius 2 is 1.58 bits per heavy atom. The van der Waals surface area contributed by atoms with E-state index < -0.39 is 0 Å². The molecule has 2 N–H and O–H groups in total. The standard InChI is InChI=1S/C20H24N4O2/c1-16-7-9-17(10-8-16)22-20(26)21-15-19(25)24-13-11-23(12-14-24)18-5-3-2-4-6-18/h2-10H,11-15H2,1H3,(H2,21,22,26). The molecule has 0 aromatic heterocycles. The summed E-state index contributed by atoms with van der Waals surface area (Å²) >= 11 is 0. The number of carbonyl (C=O) groups excluding carboxylic acids is 2. The zero-order valence-electron chi connectivity index (χ0n) is 14.9. The van der Waals surface area contributed by atoms with Crippen LogP contribution >= 0.6 is 0 Å². The lowest BCUT2D eigenvalue weighted by molar-refractivity contribution is -0.130. The second-order valence-electron chi connectivity index (χ2n) is 6.38. The first-order chi connectivity index (χ1) is 12.6. The minimum absolute atomic E-state index is 0.00301. The molecule has 6 nitrogen and oxygen atoms in total. The highest BCUT2D eigenvalue weighted by atomic mass is 16.2. The highest BCUT2D eigenvalue weighted by molar-refractivity contribution is 5.92.